The fraction of sp³-hybridized carbons (Fsp3) is 0.0952. The first-order chi connectivity index (χ1) is 13.1. The molecule has 0 radical (unpaired) electrons. The van der Waals surface area contributed by atoms with Gasteiger partial charge in [0, 0.05) is 6.07 Å². The number of methoxy groups -OCH3 is 2. The van der Waals surface area contributed by atoms with Gasteiger partial charge in [0.05, 0.1) is 30.5 Å². The molecule has 5 nitrogen and oxygen atoms in total. The van der Waals surface area contributed by atoms with E-state index in [-0.39, 0.29) is 5.91 Å². The number of rotatable bonds is 6. The van der Waals surface area contributed by atoms with Crippen molar-refractivity contribution in [2.24, 2.45) is 0 Å². The van der Waals surface area contributed by atoms with Gasteiger partial charge >= 0.3 is 0 Å². The van der Waals surface area contributed by atoms with E-state index in [1.54, 1.807) is 36.4 Å². The molecule has 0 unspecified atom stereocenters. The lowest BCUT2D eigenvalue weighted by molar-refractivity contribution is 0.102. The Morgan fingerprint density at radius 3 is 2.22 bits per heavy atom. The molecular formula is C21H18ClNO4. The van der Waals surface area contributed by atoms with Crippen LogP contribution in [0.25, 0.3) is 0 Å². The highest BCUT2D eigenvalue weighted by Crippen LogP contribution is 2.36. The lowest BCUT2D eigenvalue weighted by Crippen LogP contribution is -2.13. The molecule has 0 bridgehead atoms. The van der Waals surface area contributed by atoms with Crippen LogP contribution in [0, 0.1) is 0 Å². The third-order valence-electron chi connectivity index (χ3n) is 3.82. The number of amides is 1. The standard InChI is InChI=1S/C21H18ClNO4/c1-25-19-13-20(26-2)17(12-16(19)22)23-21(24)15-10-6-7-11-18(15)27-14-8-4-3-5-9-14/h3-13H,1-2H3,(H,23,24). The zero-order valence-electron chi connectivity index (χ0n) is 14.9. The summed E-state index contributed by atoms with van der Waals surface area (Å²) in [4.78, 5) is 12.8. The Morgan fingerprint density at radius 1 is 0.852 bits per heavy atom. The van der Waals surface area contributed by atoms with Crippen molar-refractivity contribution in [2.75, 3.05) is 19.5 Å². The number of para-hydroxylation sites is 2. The lowest BCUT2D eigenvalue weighted by atomic mass is 10.1. The largest absolute Gasteiger partial charge is 0.495 e. The van der Waals surface area contributed by atoms with Crippen molar-refractivity contribution in [1.82, 2.24) is 0 Å². The van der Waals surface area contributed by atoms with E-state index < -0.39 is 0 Å². The van der Waals surface area contributed by atoms with Crippen molar-refractivity contribution in [3.05, 3.63) is 77.3 Å². The SMILES string of the molecule is COc1cc(OC)c(NC(=O)c2ccccc2Oc2ccccc2)cc1Cl. The maximum absolute atomic E-state index is 12.8. The smallest absolute Gasteiger partial charge is 0.259 e. The number of halogens is 1. The summed E-state index contributed by atoms with van der Waals surface area (Å²) in [5.41, 5.74) is 0.818. The van der Waals surface area contributed by atoms with Crippen LogP contribution in [0.4, 0.5) is 5.69 Å². The van der Waals surface area contributed by atoms with Gasteiger partial charge in [0.2, 0.25) is 0 Å². The summed E-state index contributed by atoms with van der Waals surface area (Å²) in [7, 11) is 3.01. The molecule has 6 heteroatoms. The molecule has 1 amide bonds. The molecule has 3 rings (SSSR count). The zero-order valence-corrected chi connectivity index (χ0v) is 15.6. The topological polar surface area (TPSA) is 56.8 Å². The average Bonchev–Trinajstić information content (AvgIpc) is 2.69. The third kappa shape index (κ3) is 4.33. The third-order valence-corrected chi connectivity index (χ3v) is 4.12. The van der Waals surface area contributed by atoms with E-state index in [1.165, 1.54) is 14.2 Å². The minimum Gasteiger partial charge on any atom is -0.495 e. The molecule has 0 atom stereocenters. The van der Waals surface area contributed by atoms with Gasteiger partial charge in [0.1, 0.15) is 23.0 Å². The van der Waals surface area contributed by atoms with E-state index in [4.69, 9.17) is 25.8 Å². The first-order valence-corrected chi connectivity index (χ1v) is 8.55. The van der Waals surface area contributed by atoms with Crippen LogP contribution in [0.1, 0.15) is 10.4 Å². The Labute approximate surface area is 162 Å². The van der Waals surface area contributed by atoms with Crippen LogP contribution < -0.4 is 19.5 Å². The summed E-state index contributed by atoms with van der Waals surface area (Å²) >= 11 is 6.17. The molecule has 0 aliphatic carbocycles. The van der Waals surface area contributed by atoms with Crippen molar-refractivity contribution < 1.29 is 19.0 Å². The second-order valence-corrected chi connectivity index (χ2v) is 5.96. The summed E-state index contributed by atoms with van der Waals surface area (Å²) in [5, 5.41) is 3.18. The second kappa shape index (κ2) is 8.47. The van der Waals surface area contributed by atoms with Gasteiger partial charge in [0.15, 0.2) is 0 Å². The van der Waals surface area contributed by atoms with Crippen molar-refractivity contribution in [2.45, 2.75) is 0 Å². The van der Waals surface area contributed by atoms with Gasteiger partial charge in [-0.15, -0.1) is 0 Å². The minimum atomic E-state index is -0.346. The van der Waals surface area contributed by atoms with Crippen LogP contribution in [0.2, 0.25) is 5.02 Å². The Balaban J connectivity index is 1.88. The van der Waals surface area contributed by atoms with E-state index >= 15 is 0 Å². The Morgan fingerprint density at radius 2 is 1.52 bits per heavy atom. The summed E-state index contributed by atoms with van der Waals surface area (Å²) < 4.78 is 16.3. The first-order valence-electron chi connectivity index (χ1n) is 8.17. The van der Waals surface area contributed by atoms with E-state index in [0.29, 0.717) is 39.3 Å². The molecule has 0 fully saturated rings. The number of ether oxygens (including phenoxy) is 3. The van der Waals surface area contributed by atoms with Crippen LogP contribution in [-0.4, -0.2) is 20.1 Å². The van der Waals surface area contributed by atoms with Crippen LogP contribution in [0.5, 0.6) is 23.0 Å². The highest BCUT2D eigenvalue weighted by atomic mass is 35.5. The highest BCUT2D eigenvalue weighted by molar-refractivity contribution is 6.32. The van der Waals surface area contributed by atoms with Gasteiger partial charge in [-0.2, -0.15) is 0 Å². The van der Waals surface area contributed by atoms with E-state index in [0.717, 1.165) is 0 Å². The Kier molecular flexibility index (Phi) is 5.84. The van der Waals surface area contributed by atoms with Gasteiger partial charge in [-0.05, 0) is 30.3 Å². The summed E-state index contributed by atoms with van der Waals surface area (Å²) in [6, 6.07) is 19.5. The van der Waals surface area contributed by atoms with Gasteiger partial charge in [-0.3, -0.25) is 4.79 Å². The predicted octanol–water partition coefficient (Wildman–Crippen LogP) is 5.40. The lowest BCUT2D eigenvalue weighted by Gasteiger charge is -2.15. The maximum Gasteiger partial charge on any atom is 0.259 e. The quantitative estimate of drug-likeness (QED) is 0.619. The molecule has 0 saturated carbocycles. The molecule has 0 aliphatic rings. The van der Waals surface area contributed by atoms with Gasteiger partial charge in [0.25, 0.3) is 5.91 Å². The fourth-order valence-corrected chi connectivity index (χ4v) is 2.75. The van der Waals surface area contributed by atoms with Crippen LogP contribution in [-0.2, 0) is 0 Å². The molecule has 27 heavy (non-hydrogen) atoms. The summed E-state index contributed by atoms with van der Waals surface area (Å²) in [5.74, 6) is 1.63. The van der Waals surface area contributed by atoms with Crippen LogP contribution >= 0.6 is 11.6 Å². The molecule has 0 saturated heterocycles. The van der Waals surface area contributed by atoms with Gasteiger partial charge in [-0.1, -0.05) is 41.9 Å². The number of benzene rings is 3. The molecular weight excluding hydrogens is 366 g/mol. The zero-order chi connectivity index (χ0) is 19.2. The van der Waals surface area contributed by atoms with Gasteiger partial charge in [-0.25, -0.2) is 0 Å². The predicted molar refractivity (Wildman–Crippen MR) is 105 cm³/mol. The highest BCUT2D eigenvalue weighted by Gasteiger charge is 2.17. The fourth-order valence-electron chi connectivity index (χ4n) is 2.51. The Hall–Kier alpha value is -3.18. The number of carbonyl (C=O) groups excluding carboxylic acids is 1. The number of carbonyl (C=O) groups is 1. The number of hydrogen-bond donors (Lipinski definition) is 1. The van der Waals surface area contributed by atoms with Crippen molar-refractivity contribution >= 4 is 23.2 Å². The normalized spacial score (nSPS) is 10.2. The second-order valence-electron chi connectivity index (χ2n) is 5.55. The maximum atomic E-state index is 12.8. The monoisotopic (exact) mass is 383 g/mol. The summed E-state index contributed by atoms with van der Waals surface area (Å²) in [6.07, 6.45) is 0. The first kappa shape index (κ1) is 18.6. The number of anilines is 1. The van der Waals surface area contributed by atoms with Crippen molar-refractivity contribution in [1.29, 1.82) is 0 Å². The van der Waals surface area contributed by atoms with E-state index in [1.807, 2.05) is 30.3 Å². The van der Waals surface area contributed by atoms with Gasteiger partial charge < -0.3 is 19.5 Å². The molecule has 0 aromatic heterocycles. The van der Waals surface area contributed by atoms with E-state index in [2.05, 4.69) is 5.32 Å². The average molecular weight is 384 g/mol. The molecule has 0 aliphatic heterocycles. The molecule has 0 spiro atoms. The van der Waals surface area contributed by atoms with Crippen LogP contribution in [0.3, 0.4) is 0 Å². The minimum absolute atomic E-state index is 0.346. The molecule has 0 heterocycles. The van der Waals surface area contributed by atoms with Crippen molar-refractivity contribution in [3.63, 3.8) is 0 Å². The Bertz CT molecular complexity index is 944. The number of hydrogen-bond acceptors (Lipinski definition) is 4. The molecule has 3 aromatic carbocycles. The number of nitrogens with one attached hydrogen (secondary N) is 1. The van der Waals surface area contributed by atoms with Crippen molar-refractivity contribution in [3.8, 4) is 23.0 Å². The summed E-state index contributed by atoms with van der Waals surface area (Å²) in [6.45, 7) is 0. The molecule has 1 N–H and O–H groups in total. The van der Waals surface area contributed by atoms with E-state index in [9.17, 15) is 4.79 Å². The van der Waals surface area contributed by atoms with Crippen LogP contribution in [0.15, 0.2) is 66.7 Å². The molecule has 138 valence electrons. The molecule has 3 aromatic rings.